The first-order valence-corrected chi connectivity index (χ1v) is 7.02. The largest absolute Gasteiger partial charge is 0.384 e. The molecule has 3 nitrogen and oxygen atoms in total. The summed E-state index contributed by atoms with van der Waals surface area (Å²) in [7, 11) is 0. The summed E-state index contributed by atoms with van der Waals surface area (Å²) < 4.78 is 0.922. The van der Waals surface area contributed by atoms with E-state index < -0.39 is 0 Å². The monoisotopic (exact) mass is 316 g/mol. The van der Waals surface area contributed by atoms with E-state index in [1.807, 2.05) is 30.3 Å². The number of carbonyl (C=O) groups excluding carboxylic acids is 1. The molecule has 0 unspecified atom stereocenters. The third-order valence-electron chi connectivity index (χ3n) is 3.27. The zero-order valence-electron chi connectivity index (χ0n) is 10.3. The molecule has 0 bridgehead atoms. The Hall–Kier alpha value is -1.68. The van der Waals surface area contributed by atoms with Crippen LogP contribution in [-0.4, -0.2) is 17.3 Å². The molecule has 19 heavy (non-hydrogen) atoms. The Morgan fingerprint density at radius 2 is 2.21 bits per heavy atom. The second-order valence-electron chi connectivity index (χ2n) is 4.62. The highest BCUT2D eigenvalue weighted by molar-refractivity contribution is 9.10. The van der Waals surface area contributed by atoms with Crippen LogP contribution in [0.1, 0.15) is 21.6 Å². The van der Waals surface area contributed by atoms with Crippen LogP contribution < -0.4 is 5.32 Å². The molecule has 0 atom stereocenters. The average molecular weight is 317 g/mol. The number of rotatable bonds is 3. The number of anilines is 1. The van der Waals surface area contributed by atoms with E-state index in [0.717, 1.165) is 34.4 Å². The van der Waals surface area contributed by atoms with Crippen LogP contribution in [0.2, 0.25) is 0 Å². The van der Waals surface area contributed by atoms with Gasteiger partial charge in [-0.3, -0.25) is 9.78 Å². The highest BCUT2D eigenvalue weighted by Gasteiger charge is 2.14. The van der Waals surface area contributed by atoms with Gasteiger partial charge in [-0.2, -0.15) is 0 Å². The summed E-state index contributed by atoms with van der Waals surface area (Å²) in [5.74, 6) is 0.103. The van der Waals surface area contributed by atoms with Crippen LogP contribution in [0, 0.1) is 0 Å². The lowest BCUT2D eigenvalue weighted by Crippen LogP contribution is -2.05. The van der Waals surface area contributed by atoms with Gasteiger partial charge >= 0.3 is 0 Å². The lowest BCUT2D eigenvalue weighted by Gasteiger charge is -2.04. The number of hydrogen-bond donors (Lipinski definition) is 1. The SMILES string of the molecule is O=C(Cc1ccc(Br)cn1)c1ccc2c(c1)NCC2. The number of aromatic nitrogens is 1. The summed E-state index contributed by atoms with van der Waals surface area (Å²) >= 11 is 3.33. The smallest absolute Gasteiger partial charge is 0.168 e. The van der Waals surface area contributed by atoms with Crippen molar-refractivity contribution in [3.8, 4) is 0 Å². The number of ketones is 1. The van der Waals surface area contributed by atoms with E-state index in [9.17, 15) is 4.79 Å². The first kappa shape index (κ1) is 12.4. The van der Waals surface area contributed by atoms with Gasteiger partial charge in [0.15, 0.2) is 5.78 Å². The Labute approximate surface area is 120 Å². The van der Waals surface area contributed by atoms with Gasteiger partial charge in [-0.25, -0.2) is 0 Å². The Morgan fingerprint density at radius 1 is 1.32 bits per heavy atom. The highest BCUT2D eigenvalue weighted by Crippen LogP contribution is 2.23. The molecular formula is C15H13BrN2O. The van der Waals surface area contributed by atoms with Gasteiger partial charge in [-0.05, 0) is 46.1 Å². The number of halogens is 1. The van der Waals surface area contributed by atoms with Gasteiger partial charge in [0.2, 0.25) is 0 Å². The first-order chi connectivity index (χ1) is 9.22. The number of nitrogens with one attached hydrogen (secondary N) is 1. The maximum Gasteiger partial charge on any atom is 0.168 e. The van der Waals surface area contributed by atoms with E-state index in [1.54, 1.807) is 6.20 Å². The number of nitrogens with zero attached hydrogens (tertiary/aromatic N) is 1. The van der Waals surface area contributed by atoms with E-state index in [-0.39, 0.29) is 5.78 Å². The fourth-order valence-corrected chi connectivity index (χ4v) is 2.48. The average Bonchev–Trinajstić information content (AvgIpc) is 2.88. The summed E-state index contributed by atoms with van der Waals surface area (Å²) in [5.41, 5.74) is 3.92. The molecule has 3 rings (SSSR count). The molecule has 0 saturated heterocycles. The van der Waals surface area contributed by atoms with E-state index >= 15 is 0 Å². The summed E-state index contributed by atoms with van der Waals surface area (Å²) in [6.07, 6.45) is 3.09. The van der Waals surface area contributed by atoms with Gasteiger partial charge in [0, 0.05) is 34.2 Å². The number of carbonyl (C=O) groups is 1. The number of fused-ring (bicyclic) bond motifs is 1. The highest BCUT2D eigenvalue weighted by atomic mass is 79.9. The van der Waals surface area contributed by atoms with Gasteiger partial charge in [0.25, 0.3) is 0 Å². The predicted octanol–water partition coefficient (Wildman–Crippen LogP) is 3.24. The molecule has 0 radical (unpaired) electrons. The normalized spacial score (nSPS) is 12.9. The maximum absolute atomic E-state index is 12.2. The minimum Gasteiger partial charge on any atom is -0.384 e. The zero-order valence-corrected chi connectivity index (χ0v) is 11.9. The molecule has 4 heteroatoms. The minimum absolute atomic E-state index is 0.103. The quantitative estimate of drug-likeness (QED) is 0.884. The minimum atomic E-state index is 0.103. The molecule has 0 spiro atoms. The number of benzene rings is 1. The van der Waals surface area contributed by atoms with Gasteiger partial charge < -0.3 is 5.32 Å². The topological polar surface area (TPSA) is 42.0 Å². The molecule has 1 N–H and O–H groups in total. The van der Waals surface area contributed by atoms with Crippen LogP contribution in [-0.2, 0) is 12.8 Å². The van der Waals surface area contributed by atoms with E-state index in [0.29, 0.717) is 6.42 Å². The third kappa shape index (κ3) is 2.68. The second-order valence-corrected chi connectivity index (χ2v) is 5.53. The van der Waals surface area contributed by atoms with Crippen molar-refractivity contribution in [3.05, 3.63) is 57.8 Å². The van der Waals surface area contributed by atoms with Crippen molar-refractivity contribution < 1.29 is 4.79 Å². The van der Waals surface area contributed by atoms with Crippen LogP contribution in [0.25, 0.3) is 0 Å². The molecule has 2 heterocycles. The Balaban J connectivity index is 1.78. The maximum atomic E-state index is 12.2. The fraction of sp³-hybridized carbons (Fsp3) is 0.200. The van der Waals surface area contributed by atoms with E-state index in [4.69, 9.17) is 0 Å². The molecule has 0 saturated carbocycles. The van der Waals surface area contributed by atoms with Crippen molar-refractivity contribution in [3.63, 3.8) is 0 Å². The lowest BCUT2D eigenvalue weighted by atomic mass is 10.0. The zero-order chi connectivity index (χ0) is 13.2. The fourth-order valence-electron chi connectivity index (χ4n) is 2.24. The predicted molar refractivity (Wildman–Crippen MR) is 78.6 cm³/mol. The second kappa shape index (κ2) is 5.13. The van der Waals surface area contributed by atoms with Crippen molar-refractivity contribution in [1.29, 1.82) is 0 Å². The van der Waals surface area contributed by atoms with E-state index in [1.165, 1.54) is 5.56 Å². The Kier molecular flexibility index (Phi) is 3.34. The molecule has 0 amide bonds. The standard InChI is InChI=1S/C15H13BrN2O/c16-12-3-4-13(18-9-12)8-15(19)11-2-1-10-5-6-17-14(10)7-11/h1-4,7,9,17H,5-6,8H2. The Morgan fingerprint density at radius 3 is 3.00 bits per heavy atom. The van der Waals surface area contributed by atoms with E-state index in [2.05, 4.69) is 26.2 Å². The van der Waals surface area contributed by atoms with Gasteiger partial charge in [-0.15, -0.1) is 0 Å². The lowest BCUT2D eigenvalue weighted by molar-refractivity contribution is 0.0992. The van der Waals surface area contributed by atoms with Crippen LogP contribution in [0.5, 0.6) is 0 Å². The third-order valence-corrected chi connectivity index (χ3v) is 3.74. The molecule has 1 aliphatic rings. The number of hydrogen-bond acceptors (Lipinski definition) is 3. The number of pyridine rings is 1. The molecule has 1 aromatic carbocycles. The Bertz CT molecular complexity index is 623. The molecule has 0 fully saturated rings. The molecule has 96 valence electrons. The van der Waals surface area contributed by atoms with Crippen molar-refractivity contribution in [2.45, 2.75) is 12.8 Å². The van der Waals surface area contributed by atoms with Crippen molar-refractivity contribution in [2.24, 2.45) is 0 Å². The van der Waals surface area contributed by atoms with Crippen LogP contribution in [0.3, 0.4) is 0 Å². The van der Waals surface area contributed by atoms with Crippen molar-refractivity contribution in [1.82, 2.24) is 4.98 Å². The summed E-state index contributed by atoms with van der Waals surface area (Å²) in [6.45, 7) is 0.960. The van der Waals surface area contributed by atoms with Gasteiger partial charge in [0.05, 0.1) is 6.42 Å². The van der Waals surface area contributed by atoms with Crippen molar-refractivity contribution in [2.75, 3.05) is 11.9 Å². The summed E-state index contributed by atoms with van der Waals surface area (Å²) in [5, 5.41) is 3.29. The summed E-state index contributed by atoms with van der Waals surface area (Å²) in [6, 6.07) is 9.67. The van der Waals surface area contributed by atoms with Crippen molar-refractivity contribution >= 4 is 27.4 Å². The molecular weight excluding hydrogens is 304 g/mol. The molecule has 1 aromatic heterocycles. The van der Waals surface area contributed by atoms with Crippen LogP contribution in [0.4, 0.5) is 5.69 Å². The first-order valence-electron chi connectivity index (χ1n) is 6.23. The van der Waals surface area contributed by atoms with Gasteiger partial charge in [-0.1, -0.05) is 12.1 Å². The summed E-state index contributed by atoms with van der Waals surface area (Å²) in [4.78, 5) is 16.5. The molecule has 0 aliphatic carbocycles. The number of Topliss-reactive ketones (excluding diaryl/α,β-unsaturated/α-hetero) is 1. The molecule has 1 aliphatic heterocycles. The van der Waals surface area contributed by atoms with Gasteiger partial charge in [0.1, 0.15) is 0 Å². The molecule has 2 aromatic rings. The van der Waals surface area contributed by atoms with Crippen LogP contribution >= 0.6 is 15.9 Å². The van der Waals surface area contributed by atoms with Crippen LogP contribution in [0.15, 0.2) is 41.0 Å².